The average Bonchev–Trinajstić information content (AvgIpc) is 2.84. The number of aromatic nitrogens is 1. The number of rotatable bonds is 4. The van der Waals surface area contributed by atoms with Gasteiger partial charge < -0.3 is 0 Å². The van der Waals surface area contributed by atoms with Crippen LogP contribution in [0.4, 0.5) is 0 Å². The molecule has 2 aromatic heterocycles. The van der Waals surface area contributed by atoms with E-state index in [-0.39, 0.29) is 10.8 Å². The Morgan fingerprint density at radius 3 is 2.78 bits per heavy atom. The van der Waals surface area contributed by atoms with Crippen LogP contribution in [0, 0.1) is 6.92 Å². The van der Waals surface area contributed by atoms with Crippen LogP contribution in [-0.2, 0) is 16.6 Å². The van der Waals surface area contributed by atoms with Crippen molar-refractivity contribution in [2.24, 2.45) is 0 Å². The molecule has 0 radical (unpaired) electrons. The molecule has 1 N–H and O–H groups in total. The lowest BCUT2D eigenvalue weighted by atomic mass is 10.5. The molecule has 0 saturated heterocycles. The third-order valence-electron chi connectivity index (χ3n) is 2.00. The summed E-state index contributed by atoms with van der Waals surface area (Å²) in [6.45, 7) is 2.05. The minimum Gasteiger partial charge on any atom is -0.245 e. The zero-order valence-corrected chi connectivity index (χ0v) is 13.9. The molecule has 2 aromatic rings. The number of hydrogen-bond acceptors (Lipinski definition) is 5. The van der Waals surface area contributed by atoms with E-state index in [1.54, 1.807) is 0 Å². The molecular formula is C9H8BrClN2O2S3. The minimum absolute atomic E-state index is 0.180. The fraction of sp³-hybridized carbons (Fsp3) is 0.222. The minimum atomic E-state index is -3.53. The average molecular weight is 388 g/mol. The lowest BCUT2D eigenvalue weighted by Crippen LogP contribution is -2.22. The van der Waals surface area contributed by atoms with Gasteiger partial charge in [-0.3, -0.25) is 0 Å². The molecule has 4 nitrogen and oxygen atoms in total. The first-order valence-corrected chi connectivity index (χ1v) is 9.09. The molecular weight excluding hydrogens is 380 g/mol. The zero-order valence-electron chi connectivity index (χ0n) is 9.11. The normalized spacial score (nSPS) is 11.9. The molecule has 0 aliphatic carbocycles. The van der Waals surface area contributed by atoms with Crippen LogP contribution in [0.1, 0.15) is 10.7 Å². The Hall–Kier alpha value is 0.01000. The van der Waals surface area contributed by atoms with Crippen molar-refractivity contribution in [3.05, 3.63) is 31.0 Å². The van der Waals surface area contributed by atoms with Crippen LogP contribution in [-0.4, -0.2) is 13.4 Å². The van der Waals surface area contributed by atoms with Crippen molar-refractivity contribution in [1.29, 1.82) is 0 Å². The van der Waals surface area contributed by atoms with Gasteiger partial charge in [-0.05, 0) is 28.9 Å². The van der Waals surface area contributed by atoms with Gasteiger partial charge in [0.25, 0.3) is 0 Å². The third-order valence-corrected chi connectivity index (χ3v) is 7.17. The number of thiazole rings is 1. The summed E-state index contributed by atoms with van der Waals surface area (Å²) in [5, 5.41) is 3.13. The van der Waals surface area contributed by atoms with Gasteiger partial charge >= 0.3 is 0 Å². The second kappa shape index (κ2) is 5.56. The van der Waals surface area contributed by atoms with Crippen LogP contribution in [0.2, 0.25) is 5.02 Å². The van der Waals surface area contributed by atoms with Crippen molar-refractivity contribution < 1.29 is 8.42 Å². The highest BCUT2D eigenvalue weighted by Crippen LogP contribution is 2.34. The quantitative estimate of drug-likeness (QED) is 0.874. The molecule has 0 amide bonds. The summed E-state index contributed by atoms with van der Waals surface area (Å²) in [5.74, 6) is 0. The number of halogens is 2. The summed E-state index contributed by atoms with van der Waals surface area (Å²) in [6.07, 6.45) is 0. The predicted molar refractivity (Wildman–Crippen MR) is 77.9 cm³/mol. The summed E-state index contributed by atoms with van der Waals surface area (Å²) < 4.78 is 27.2. The molecule has 18 heavy (non-hydrogen) atoms. The highest BCUT2D eigenvalue weighted by atomic mass is 79.9. The molecule has 98 valence electrons. The fourth-order valence-corrected chi connectivity index (χ4v) is 5.24. The summed E-state index contributed by atoms with van der Waals surface area (Å²) in [6, 6.07) is 1.42. The van der Waals surface area contributed by atoms with Crippen molar-refractivity contribution in [3.63, 3.8) is 0 Å². The van der Waals surface area contributed by atoms with Crippen LogP contribution < -0.4 is 4.72 Å². The number of sulfonamides is 1. The van der Waals surface area contributed by atoms with Gasteiger partial charge in [-0.1, -0.05) is 11.6 Å². The van der Waals surface area contributed by atoms with Gasteiger partial charge in [0, 0.05) is 5.38 Å². The molecule has 0 saturated carbocycles. The Balaban J connectivity index is 2.12. The van der Waals surface area contributed by atoms with Gasteiger partial charge in [0.05, 0.1) is 26.1 Å². The Bertz CT molecular complexity index is 646. The Morgan fingerprint density at radius 1 is 1.56 bits per heavy atom. The lowest BCUT2D eigenvalue weighted by molar-refractivity contribution is 0.582. The van der Waals surface area contributed by atoms with Gasteiger partial charge in [-0.2, -0.15) is 0 Å². The van der Waals surface area contributed by atoms with Crippen LogP contribution in [0.25, 0.3) is 0 Å². The molecule has 0 spiro atoms. The topological polar surface area (TPSA) is 59.1 Å². The maximum Gasteiger partial charge on any atom is 0.250 e. The first-order valence-electron chi connectivity index (χ1n) is 4.74. The third kappa shape index (κ3) is 3.31. The van der Waals surface area contributed by atoms with Crippen molar-refractivity contribution in [2.45, 2.75) is 17.7 Å². The van der Waals surface area contributed by atoms with Gasteiger partial charge in [0.15, 0.2) is 0 Å². The van der Waals surface area contributed by atoms with E-state index in [2.05, 4.69) is 25.6 Å². The van der Waals surface area contributed by atoms with E-state index in [0.29, 0.717) is 14.5 Å². The molecule has 0 aliphatic rings. The SMILES string of the molecule is Cc1nc(CNS(=O)(=O)c2cc(Cl)c(Br)s2)cs1. The fourth-order valence-electron chi connectivity index (χ4n) is 1.19. The predicted octanol–water partition coefficient (Wildman–Crippen LogP) is 3.41. The van der Waals surface area contributed by atoms with E-state index in [1.807, 2.05) is 12.3 Å². The van der Waals surface area contributed by atoms with Crippen molar-refractivity contribution in [3.8, 4) is 0 Å². The molecule has 0 bridgehead atoms. The monoisotopic (exact) mass is 386 g/mol. The van der Waals surface area contributed by atoms with E-state index in [1.165, 1.54) is 17.4 Å². The largest absolute Gasteiger partial charge is 0.250 e. The van der Waals surface area contributed by atoms with E-state index in [4.69, 9.17) is 11.6 Å². The number of hydrogen-bond donors (Lipinski definition) is 1. The first-order chi connectivity index (χ1) is 8.38. The van der Waals surface area contributed by atoms with Crippen LogP contribution in [0.3, 0.4) is 0 Å². The van der Waals surface area contributed by atoms with Crippen molar-refractivity contribution in [2.75, 3.05) is 0 Å². The van der Waals surface area contributed by atoms with Gasteiger partial charge in [-0.25, -0.2) is 18.1 Å². The number of thiophene rings is 1. The van der Waals surface area contributed by atoms with E-state index in [0.717, 1.165) is 16.3 Å². The van der Waals surface area contributed by atoms with Crippen molar-refractivity contribution in [1.82, 2.24) is 9.71 Å². The van der Waals surface area contributed by atoms with Gasteiger partial charge in [-0.15, -0.1) is 22.7 Å². The van der Waals surface area contributed by atoms with E-state index in [9.17, 15) is 8.42 Å². The molecule has 2 rings (SSSR count). The Kier molecular flexibility index (Phi) is 4.45. The molecule has 0 aromatic carbocycles. The highest BCUT2D eigenvalue weighted by Gasteiger charge is 2.19. The molecule has 0 aliphatic heterocycles. The Labute approximate surface area is 126 Å². The van der Waals surface area contributed by atoms with Crippen LogP contribution in [0.5, 0.6) is 0 Å². The van der Waals surface area contributed by atoms with E-state index < -0.39 is 10.0 Å². The summed E-state index contributed by atoms with van der Waals surface area (Å²) in [7, 11) is -3.53. The first kappa shape index (κ1) is 14.4. The summed E-state index contributed by atoms with van der Waals surface area (Å²) in [4.78, 5) is 4.19. The van der Waals surface area contributed by atoms with Gasteiger partial charge in [0.1, 0.15) is 4.21 Å². The standard InChI is InChI=1S/C9H8BrClN2O2S3/c1-5-13-6(4-16-5)3-12-18(14,15)8-2-7(11)9(10)17-8/h2,4,12H,3H2,1H3. The lowest BCUT2D eigenvalue weighted by Gasteiger charge is -2.01. The molecule has 2 heterocycles. The van der Waals surface area contributed by atoms with Gasteiger partial charge in [0.2, 0.25) is 10.0 Å². The maximum atomic E-state index is 12.0. The van der Waals surface area contributed by atoms with E-state index >= 15 is 0 Å². The molecule has 0 unspecified atom stereocenters. The maximum absolute atomic E-state index is 12.0. The molecule has 0 fully saturated rings. The zero-order chi connectivity index (χ0) is 13.3. The number of nitrogens with one attached hydrogen (secondary N) is 1. The summed E-state index contributed by atoms with van der Waals surface area (Å²) in [5.41, 5.74) is 0.711. The van der Waals surface area contributed by atoms with Crippen LogP contribution >= 0.6 is 50.2 Å². The number of aryl methyl sites for hydroxylation is 1. The number of nitrogens with zero attached hydrogens (tertiary/aromatic N) is 1. The second-order valence-corrected chi connectivity index (χ2v) is 9.20. The Morgan fingerprint density at radius 2 is 2.28 bits per heavy atom. The smallest absolute Gasteiger partial charge is 0.245 e. The molecule has 9 heteroatoms. The van der Waals surface area contributed by atoms with Crippen molar-refractivity contribution >= 4 is 60.2 Å². The highest BCUT2D eigenvalue weighted by molar-refractivity contribution is 9.11. The second-order valence-electron chi connectivity index (χ2n) is 3.37. The summed E-state index contributed by atoms with van der Waals surface area (Å²) >= 11 is 11.6. The van der Waals surface area contributed by atoms with Crippen LogP contribution in [0.15, 0.2) is 19.4 Å². The molecule has 0 atom stereocenters.